The maximum absolute atomic E-state index is 13.0. The van der Waals surface area contributed by atoms with Crippen molar-refractivity contribution in [2.45, 2.75) is 31.0 Å². The van der Waals surface area contributed by atoms with Gasteiger partial charge in [0, 0.05) is 37.4 Å². The number of hydrogen-bond acceptors (Lipinski definition) is 5. The number of morpholine rings is 1. The normalized spacial score (nSPS) is 16.6. The standard InChI is InChI=1S/C26H28FN3O4S/c1-19-17-30(13-14-34-19)18-21-4-2-3-20(15-21)16-28-26(31)22-5-11-25(12-6-22)35(32,33)29-24-9-7-23(27)8-10-24/h2-12,15,19,29H,13-14,16-18H2,1H3,(H,28,31). The molecule has 1 fully saturated rings. The van der Waals surface area contributed by atoms with E-state index in [1.807, 2.05) is 12.1 Å². The third kappa shape index (κ3) is 6.88. The number of hydrogen-bond donors (Lipinski definition) is 2. The molecule has 1 saturated heterocycles. The number of carbonyl (C=O) groups excluding carboxylic acids is 1. The molecule has 1 aliphatic rings. The van der Waals surface area contributed by atoms with E-state index in [4.69, 9.17) is 4.74 Å². The lowest BCUT2D eigenvalue weighted by Gasteiger charge is -2.31. The van der Waals surface area contributed by atoms with E-state index < -0.39 is 15.8 Å². The Morgan fingerprint density at radius 2 is 1.77 bits per heavy atom. The lowest BCUT2D eigenvalue weighted by atomic mass is 10.1. The summed E-state index contributed by atoms with van der Waals surface area (Å²) in [5, 5.41) is 2.88. The fourth-order valence-corrected chi connectivity index (χ4v) is 4.99. The maximum atomic E-state index is 13.0. The van der Waals surface area contributed by atoms with Crippen molar-refractivity contribution in [3.63, 3.8) is 0 Å². The Morgan fingerprint density at radius 3 is 2.49 bits per heavy atom. The van der Waals surface area contributed by atoms with E-state index in [-0.39, 0.29) is 22.6 Å². The molecule has 0 radical (unpaired) electrons. The highest BCUT2D eigenvalue weighted by Crippen LogP contribution is 2.17. The summed E-state index contributed by atoms with van der Waals surface area (Å²) in [4.78, 5) is 15.0. The molecule has 0 aromatic heterocycles. The van der Waals surface area contributed by atoms with E-state index in [0.717, 1.165) is 31.8 Å². The summed E-state index contributed by atoms with van der Waals surface area (Å²) in [6.07, 6.45) is 0.228. The molecule has 1 heterocycles. The molecule has 1 amide bonds. The van der Waals surface area contributed by atoms with Crippen LogP contribution in [0.15, 0.2) is 77.7 Å². The van der Waals surface area contributed by atoms with Crippen molar-refractivity contribution in [2.75, 3.05) is 24.4 Å². The average molecular weight is 498 g/mol. The van der Waals surface area contributed by atoms with E-state index in [1.54, 1.807) is 0 Å². The van der Waals surface area contributed by atoms with Gasteiger partial charge in [0.2, 0.25) is 0 Å². The molecule has 2 N–H and O–H groups in total. The van der Waals surface area contributed by atoms with Gasteiger partial charge in [0.15, 0.2) is 0 Å². The summed E-state index contributed by atoms with van der Waals surface area (Å²) < 4.78 is 46.1. The molecule has 3 aromatic rings. The SMILES string of the molecule is CC1CN(Cc2cccc(CNC(=O)c3ccc(S(=O)(=O)Nc4ccc(F)cc4)cc3)c2)CCO1. The zero-order valence-corrected chi connectivity index (χ0v) is 20.2. The number of nitrogens with zero attached hydrogens (tertiary/aromatic N) is 1. The van der Waals surface area contributed by atoms with Crippen LogP contribution in [-0.4, -0.2) is 45.0 Å². The largest absolute Gasteiger partial charge is 0.376 e. The molecule has 1 atom stereocenters. The lowest BCUT2D eigenvalue weighted by molar-refractivity contribution is -0.0212. The van der Waals surface area contributed by atoms with Crippen LogP contribution in [0.2, 0.25) is 0 Å². The third-order valence-electron chi connectivity index (χ3n) is 5.70. The van der Waals surface area contributed by atoms with Crippen LogP contribution in [0, 0.1) is 5.82 Å². The van der Waals surface area contributed by atoms with Gasteiger partial charge in [-0.05, 0) is 66.6 Å². The molecule has 1 aliphatic heterocycles. The van der Waals surface area contributed by atoms with Gasteiger partial charge in [0.25, 0.3) is 15.9 Å². The average Bonchev–Trinajstić information content (AvgIpc) is 2.84. The Bertz CT molecular complexity index is 1260. The minimum atomic E-state index is -3.86. The number of sulfonamides is 1. The highest BCUT2D eigenvalue weighted by atomic mass is 32.2. The fraction of sp³-hybridized carbons (Fsp3) is 0.269. The number of anilines is 1. The third-order valence-corrected chi connectivity index (χ3v) is 7.10. The first-order valence-electron chi connectivity index (χ1n) is 11.4. The predicted octanol–water partition coefficient (Wildman–Crippen LogP) is 3.78. The van der Waals surface area contributed by atoms with Crippen LogP contribution in [0.1, 0.15) is 28.4 Å². The molecular weight excluding hydrogens is 469 g/mol. The van der Waals surface area contributed by atoms with Crippen molar-refractivity contribution in [1.29, 1.82) is 0 Å². The molecule has 0 spiro atoms. The van der Waals surface area contributed by atoms with Crippen molar-refractivity contribution in [3.8, 4) is 0 Å². The number of nitrogens with one attached hydrogen (secondary N) is 2. The number of halogens is 1. The van der Waals surface area contributed by atoms with Gasteiger partial charge in [-0.3, -0.25) is 14.4 Å². The summed E-state index contributed by atoms with van der Waals surface area (Å²) in [5.74, 6) is -0.755. The summed E-state index contributed by atoms with van der Waals surface area (Å²) >= 11 is 0. The molecule has 0 saturated carbocycles. The van der Waals surface area contributed by atoms with Gasteiger partial charge in [0.05, 0.1) is 17.6 Å². The molecule has 4 rings (SSSR count). The van der Waals surface area contributed by atoms with Crippen LogP contribution in [-0.2, 0) is 27.8 Å². The van der Waals surface area contributed by atoms with Crippen LogP contribution >= 0.6 is 0 Å². The smallest absolute Gasteiger partial charge is 0.261 e. The van der Waals surface area contributed by atoms with Crippen molar-refractivity contribution >= 4 is 21.6 Å². The van der Waals surface area contributed by atoms with Gasteiger partial charge in [-0.1, -0.05) is 24.3 Å². The predicted molar refractivity (Wildman–Crippen MR) is 132 cm³/mol. The van der Waals surface area contributed by atoms with Gasteiger partial charge in [-0.25, -0.2) is 12.8 Å². The molecule has 7 nitrogen and oxygen atoms in total. The minimum absolute atomic E-state index is 0.00325. The van der Waals surface area contributed by atoms with Crippen molar-refractivity contribution in [2.24, 2.45) is 0 Å². The quantitative estimate of drug-likeness (QED) is 0.495. The molecule has 0 bridgehead atoms. The molecule has 3 aromatic carbocycles. The zero-order valence-electron chi connectivity index (χ0n) is 19.4. The summed E-state index contributed by atoms with van der Waals surface area (Å²) in [6.45, 7) is 5.79. The maximum Gasteiger partial charge on any atom is 0.261 e. The van der Waals surface area contributed by atoms with Crippen molar-refractivity contribution in [1.82, 2.24) is 10.2 Å². The minimum Gasteiger partial charge on any atom is -0.376 e. The van der Waals surface area contributed by atoms with Crippen LogP contribution in [0.5, 0.6) is 0 Å². The molecular formula is C26H28FN3O4S. The van der Waals surface area contributed by atoms with Crippen LogP contribution in [0.4, 0.5) is 10.1 Å². The van der Waals surface area contributed by atoms with Gasteiger partial charge in [0.1, 0.15) is 5.82 Å². The second-order valence-corrected chi connectivity index (χ2v) is 10.2. The first-order valence-corrected chi connectivity index (χ1v) is 12.9. The topological polar surface area (TPSA) is 87.7 Å². The van der Waals surface area contributed by atoms with E-state index >= 15 is 0 Å². The van der Waals surface area contributed by atoms with Gasteiger partial charge < -0.3 is 10.1 Å². The number of amides is 1. The van der Waals surface area contributed by atoms with Gasteiger partial charge in [-0.2, -0.15) is 0 Å². The molecule has 1 unspecified atom stereocenters. The van der Waals surface area contributed by atoms with Gasteiger partial charge in [-0.15, -0.1) is 0 Å². The Balaban J connectivity index is 1.33. The zero-order chi connectivity index (χ0) is 24.8. The highest BCUT2D eigenvalue weighted by molar-refractivity contribution is 7.92. The van der Waals surface area contributed by atoms with E-state index in [2.05, 4.69) is 34.0 Å². The molecule has 35 heavy (non-hydrogen) atoms. The number of rotatable bonds is 8. The molecule has 9 heteroatoms. The van der Waals surface area contributed by atoms with Crippen molar-refractivity contribution in [3.05, 3.63) is 95.3 Å². The summed E-state index contributed by atoms with van der Waals surface area (Å²) in [5.41, 5.74) is 2.76. The highest BCUT2D eigenvalue weighted by Gasteiger charge is 2.17. The number of ether oxygens (including phenoxy) is 1. The lowest BCUT2D eigenvalue weighted by Crippen LogP contribution is -2.40. The summed E-state index contributed by atoms with van der Waals surface area (Å²) in [7, 11) is -3.86. The fourth-order valence-electron chi connectivity index (χ4n) is 3.93. The van der Waals surface area contributed by atoms with Gasteiger partial charge >= 0.3 is 0 Å². The number of benzene rings is 3. The van der Waals surface area contributed by atoms with Crippen LogP contribution in [0.3, 0.4) is 0 Å². The monoisotopic (exact) mass is 497 g/mol. The summed E-state index contributed by atoms with van der Waals surface area (Å²) in [6, 6.07) is 18.8. The van der Waals surface area contributed by atoms with Crippen molar-refractivity contribution < 1.29 is 22.3 Å². The second-order valence-electron chi connectivity index (χ2n) is 8.56. The van der Waals surface area contributed by atoms with E-state index in [9.17, 15) is 17.6 Å². The molecule has 184 valence electrons. The first kappa shape index (κ1) is 24.8. The Kier molecular flexibility index (Phi) is 7.80. The Morgan fingerprint density at radius 1 is 1.06 bits per heavy atom. The van der Waals surface area contributed by atoms with Crippen LogP contribution in [0.25, 0.3) is 0 Å². The first-order chi connectivity index (χ1) is 16.8. The Hall–Kier alpha value is -3.27. The molecule has 0 aliphatic carbocycles. The van der Waals surface area contributed by atoms with E-state index in [1.165, 1.54) is 54.1 Å². The van der Waals surface area contributed by atoms with E-state index in [0.29, 0.717) is 12.1 Å². The Labute approximate surface area is 205 Å². The number of carbonyl (C=O) groups is 1. The van der Waals surface area contributed by atoms with Crippen LogP contribution < -0.4 is 10.0 Å². The second kappa shape index (κ2) is 11.0.